The van der Waals surface area contributed by atoms with E-state index in [-0.39, 0.29) is 32.8 Å². The van der Waals surface area contributed by atoms with Crippen LogP contribution in [0.1, 0.15) is 23.1 Å². The van der Waals surface area contributed by atoms with Crippen LogP contribution in [0.5, 0.6) is 0 Å². The maximum absolute atomic E-state index is 12.7. The smallest absolute Gasteiger partial charge is 0.324 e. The summed E-state index contributed by atoms with van der Waals surface area (Å²) in [5.74, 6) is -1.80. The van der Waals surface area contributed by atoms with Gasteiger partial charge in [-0.05, 0) is 16.7 Å². The van der Waals surface area contributed by atoms with Crippen molar-refractivity contribution in [3.63, 3.8) is 0 Å². The SMILES string of the molecule is O=C(CNC(CC(=O)OCc1ccccc1)C(=O)OCc1ccccc1)OCc1ccccc1. The van der Waals surface area contributed by atoms with Crippen LogP contribution in [0.3, 0.4) is 0 Å². The van der Waals surface area contributed by atoms with E-state index in [4.69, 9.17) is 14.2 Å². The van der Waals surface area contributed by atoms with Crippen molar-refractivity contribution in [1.82, 2.24) is 5.32 Å². The number of carbonyl (C=O) groups excluding carboxylic acids is 3. The van der Waals surface area contributed by atoms with Gasteiger partial charge in [-0.1, -0.05) is 91.0 Å². The fourth-order valence-corrected chi connectivity index (χ4v) is 3.03. The summed E-state index contributed by atoms with van der Waals surface area (Å²) in [4.78, 5) is 37.2. The first-order valence-corrected chi connectivity index (χ1v) is 10.9. The Morgan fingerprint density at radius 3 is 1.47 bits per heavy atom. The summed E-state index contributed by atoms with van der Waals surface area (Å²) >= 11 is 0. The van der Waals surface area contributed by atoms with Gasteiger partial charge in [-0.2, -0.15) is 0 Å². The second-order valence-electron chi connectivity index (χ2n) is 7.52. The maximum atomic E-state index is 12.7. The lowest BCUT2D eigenvalue weighted by atomic mass is 10.2. The summed E-state index contributed by atoms with van der Waals surface area (Å²) in [5.41, 5.74) is 2.49. The largest absolute Gasteiger partial charge is 0.461 e. The van der Waals surface area contributed by atoms with E-state index in [0.717, 1.165) is 16.7 Å². The second-order valence-corrected chi connectivity index (χ2v) is 7.52. The molecule has 0 saturated heterocycles. The molecule has 0 aliphatic carbocycles. The standard InChI is InChI=1S/C27H27NO6/c29-25(32-18-21-10-4-1-5-11-21)16-24(27(31)34-20-23-14-8-3-9-15-23)28-17-26(30)33-19-22-12-6-2-7-13-22/h1-15,24,28H,16-20H2. The number of hydrogen-bond donors (Lipinski definition) is 1. The number of esters is 3. The molecule has 0 aliphatic heterocycles. The van der Waals surface area contributed by atoms with Gasteiger partial charge in [-0.15, -0.1) is 0 Å². The summed E-state index contributed by atoms with van der Waals surface area (Å²) in [5, 5.41) is 2.77. The fraction of sp³-hybridized carbons (Fsp3) is 0.222. The van der Waals surface area contributed by atoms with Gasteiger partial charge in [0.05, 0.1) is 13.0 Å². The molecular weight excluding hydrogens is 434 g/mol. The van der Waals surface area contributed by atoms with E-state index in [1.54, 1.807) is 0 Å². The highest BCUT2D eigenvalue weighted by Gasteiger charge is 2.25. The Morgan fingerprint density at radius 1 is 0.588 bits per heavy atom. The first-order valence-electron chi connectivity index (χ1n) is 10.9. The molecule has 0 spiro atoms. The molecular formula is C27H27NO6. The quantitative estimate of drug-likeness (QED) is 0.326. The van der Waals surface area contributed by atoms with Crippen LogP contribution in [0.4, 0.5) is 0 Å². The summed E-state index contributed by atoms with van der Waals surface area (Å²) < 4.78 is 15.9. The lowest BCUT2D eigenvalue weighted by Crippen LogP contribution is -2.42. The number of nitrogens with one attached hydrogen (secondary N) is 1. The number of benzene rings is 3. The average molecular weight is 462 g/mol. The molecule has 1 N–H and O–H groups in total. The first-order chi connectivity index (χ1) is 16.6. The predicted molar refractivity (Wildman–Crippen MR) is 125 cm³/mol. The zero-order valence-corrected chi connectivity index (χ0v) is 18.7. The lowest BCUT2D eigenvalue weighted by Gasteiger charge is -2.17. The van der Waals surface area contributed by atoms with Crippen LogP contribution in [-0.2, 0) is 48.4 Å². The van der Waals surface area contributed by atoms with Crippen LogP contribution in [0.2, 0.25) is 0 Å². The molecule has 0 aliphatic rings. The highest BCUT2D eigenvalue weighted by atomic mass is 16.5. The maximum Gasteiger partial charge on any atom is 0.324 e. The normalized spacial score (nSPS) is 11.3. The van der Waals surface area contributed by atoms with Gasteiger partial charge in [-0.3, -0.25) is 19.7 Å². The minimum absolute atomic E-state index is 0.0510. The van der Waals surface area contributed by atoms with Gasteiger partial charge in [0.1, 0.15) is 25.9 Å². The molecule has 3 aromatic carbocycles. The van der Waals surface area contributed by atoms with Gasteiger partial charge < -0.3 is 14.2 Å². The van der Waals surface area contributed by atoms with Crippen molar-refractivity contribution in [2.45, 2.75) is 32.3 Å². The Hall–Kier alpha value is -3.97. The molecule has 0 aromatic heterocycles. The van der Waals surface area contributed by atoms with E-state index in [0.29, 0.717) is 0 Å². The van der Waals surface area contributed by atoms with Gasteiger partial charge in [0.25, 0.3) is 0 Å². The fourth-order valence-electron chi connectivity index (χ4n) is 3.03. The van der Waals surface area contributed by atoms with E-state index < -0.39 is 23.9 Å². The molecule has 0 bridgehead atoms. The van der Waals surface area contributed by atoms with Crippen molar-refractivity contribution < 1.29 is 28.6 Å². The van der Waals surface area contributed by atoms with Crippen molar-refractivity contribution >= 4 is 17.9 Å². The van der Waals surface area contributed by atoms with Crippen LogP contribution < -0.4 is 5.32 Å². The van der Waals surface area contributed by atoms with Gasteiger partial charge in [0.15, 0.2) is 0 Å². The lowest BCUT2D eigenvalue weighted by molar-refractivity contribution is -0.155. The molecule has 3 rings (SSSR count). The number of hydrogen-bond acceptors (Lipinski definition) is 7. The van der Waals surface area contributed by atoms with Crippen LogP contribution >= 0.6 is 0 Å². The molecule has 0 heterocycles. The van der Waals surface area contributed by atoms with Crippen molar-refractivity contribution in [3.8, 4) is 0 Å². The number of carbonyl (C=O) groups is 3. The third-order valence-electron chi connectivity index (χ3n) is 4.86. The van der Waals surface area contributed by atoms with E-state index in [1.165, 1.54) is 0 Å². The Labute approximate surface area is 198 Å². The highest BCUT2D eigenvalue weighted by Crippen LogP contribution is 2.07. The van der Waals surface area contributed by atoms with E-state index in [9.17, 15) is 14.4 Å². The van der Waals surface area contributed by atoms with Gasteiger partial charge in [0, 0.05) is 0 Å². The van der Waals surface area contributed by atoms with Crippen molar-refractivity contribution in [3.05, 3.63) is 108 Å². The summed E-state index contributed by atoms with van der Waals surface area (Å²) in [7, 11) is 0. The van der Waals surface area contributed by atoms with E-state index in [2.05, 4.69) is 5.32 Å². The predicted octanol–water partition coefficient (Wildman–Crippen LogP) is 3.56. The minimum atomic E-state index is -1.06. The molecule has 3 aromatic rings. The molecule has 34 heavy (non-hydrogen) atoms. The number of rotatable bonds is 12. The number of ether oxygens (including phenoxy) is 3. The molecule has 7 heteroatoms. The molecule has 0 saturated carbocycles. The molecule has 176 valence electrons. The summed E-state index contributed by atoms with van der Waals surface area (Å²) in [6.07, 6.45) is -0.285. The molecule has 1 atom stereocenters. The van der Waals surface area contributed by atoms with Crippen molar-refractivity contribution in [1.29, 1.82) is 0 Å². The molecule has 7 nitrogen and oxygen atoms in total. The van der Waals surface area contributed by atoms with Crippen molar-refractivity contribution in [2.75, 3.05) is 6.54 Å². The molecule has 0 radical (unpaired) electrons. The highest BCUT2D eigenvalue weighted by molar-refractivity contribution is 5.83. The Bertz CT molecular complexity index is 1040. The van der Waals surface area contributed by atoms with Gasteiger partial charge >= 0.3 is 17.9 Å². The van der Waals surface area contributed by atoms with Crippen LogP contribution in [0.25, 0.3) is 0 Å². The molecule has 0 fully saturated rings. The average Bonchev–Trinajstić information content (AvgIpc) is 2.89. The molecule has 1 unspecified atom stereocenters. The van der Waals surface area contributed by atoms with Crippen LogP contribution in [0, 0.1) is 0 Å². The monoisotopic (exact) mass is 461 g/mol. The second kappa shape index (κ2) is 13.5. The Kier molecular flexibility index (Phi) is 9.83. The zero-order valence-electron chi connectivity index (χ0n) is 18.7. The Morgan fingerprint density at radius 2 is 1.00 bits per heavy atom. The first kappa shape index (κ1) is 24.7. The zero-order chi connectivity index (χ0) is 24.0. The topological polar surface area (TPSA) is 90.9 Å². The summed E-state index contributed by atoms with van der Waals surface area (Å²) in [6, 6.07) is 26.6. The molecule has 0 amide bonds. The summed E-state index contributed by atoms with van der Waals surface area (Å²) in [6.45, 7) is -0.00651. The van der Waals surface area contributed by atoms with Crippen LogP contribution in [-0.4, -0.2) is 30.5 Å². The van der Waals surface area contributed by atoms with Crippen molar-refractivity contribution in [2.24, 2.45) is 0 Å². The third-order valence-corrected chi connectivity index (χ3v) is 4.86. The minimum Gasteiger partial charge on any atom is -0.461 e. The Balaban J connectivity index is 1.52. The van der Waals surface area contributed by atoms with Gasteiger partial charge in [-0.25, -0.2) is 0 Å². The van der Waals surface area contributed by atoms with Crippen LogP contribution in [0.15, 0.2) is 91.0 Å². The van der Waals surface area contributed by atoms with E-state index >= 15 is 0 Å². The van der Waals surface area contributed by atoms with E-state index in [1.807, 2.05) is 91.0 Å². The van der Waals surface area contributed by atoms with Gasteiger partial charge in [0.2, 0.25) is 0 Å². The third kappa shape index (κ3) is 8.88.